The molecule has 0 spiro atoms. The summed E-state index contributed by atoms with van der Waals surface area (Å²) in [6, 6.07) is 5.94. The van der Waals surface area contributed by atoms with Crippen molar-refractivity contribution in [1.29, 1.82) is 0 Å². The molecule has 1 aliphatic carbocycles. The van der Waals surface area contributed by atoms with Crippen LogP contribution in [-0.2, 0) is 4.79 Å². The number of halogens is 1. The molecule has 0 amide bonds. The van der Waals surface area contributed by atoms with E-state index in [4.69, 9.17) is 0 Å². The van der Waals surface area contributed by atoms with Crippen molar-refractivity contribution in [2.45, 2.75) is 25.3 Å². The second-order valence-electron chi connectivity index (χ2n) is 4.60. The van der Waals surface area contributed by atoms with Crippen molar-refractivity contribution >= 4 is 17.7 Å². The molecule has 2 aliphatic rings. The third-order valence-electron chi connectivity index (χ3n) is 3.25. The van der Waals surface area contributed by atoms with Crippen LogP contribution in [0.25, 0.3) is 0 Å². The van der Waals surface area contributed by atoms with Crippen molar-refractivity contribution in [2.24, 2.45) is 11.0 Å². The molecular weight excluding hydrogens is 219 g/mol. The highest BCUT2D eigenvalue weighted by molar-refractivity contribution is 5.95. The number of aldehydes is 1. The average Bonchev–Trinajstić information content (AvgIpc) is 3.09. The normalized spacial score (nSPS) is 23.7. The Labute approximate surface area is 98.9 Å². The van der Waals surface area contributed by atoms with E-state index in [1.807, 2.05) is 0 Å². The van der Waals surface area contributed by atoms with Gasteiger partial charge >= 0.3 is 0 Å². The average molecular weight is 232 g/mol. The third-order valence-corrected chi connectivity index (χ3v) is 3.25. The van der Waals surface area contributed by atoms with E-state index in [1.165, 1.54) is 25.0 Å². The number of nitrogens with zero attached hydrogens (tertiary/aromatic N) is 2. The molecular formula is C13H13FN2O. The summed E-state index contributed by atoms with van der Waals surface area (Å²) in [5.74, 6) is 0.248. The molecule has 4 heteroatoms. The van der Waals surface area contributed by atoms with Gasteiger partial charge < -0.3 is 4.79 Å². The Morgan fingerprint density at radius 1 is 1.41 bits per heavy atom. The molecule has 1 aromatic rings. The van der Waals surface area contributed by atoms with E-state index in [2.05, 4.69) is 5.10 Å². The van der Waals surface area contributed by atoms with E-state index in [1.54, 1.807) is 17.1 Å². The molecule has 88 valence electrons. The molecule has 1 aliphatic heterocycles. The molecule has 0 saturated heterocycles. The van der Waals surface area contributed by atoms with E-state index in [0.717, 1.165) is 12.0 Å². The SMILES string of the molecule is O=CC1CC(C2CC2)=NN1c1cccc(F)c1. The lowest BCUT2D eigenvalue weighted by atomic mass is 10.1. The Kier molecular flexibility index (Phi) is 2.42. The second kappa shape index (κ2) is 3.95. The number of anilines is 1. The molecule has 1 atom stereocenters. The van der Waals surface area contributed by atoms with Crippen LogP contribution in [0.5, 0.6) is 0 Å². The standard InChI is InChI=1S/C13H13FN2O/c14-10-2-1-3-11(6-10)16-12(8-17)7-13(15-16)9-4-5-9/h1-3,6,8-9,12H,4-5,7H2. The van der Waals surface area contributed by atoms with Crippen molar-refractivity contribution < 1.29 is 9.18 Å². The summed E-state index contributed by atoms with van der Waals surface area (Å²) in [6.45, 7) is 0. The monoisotopic (exact) mass is 232 g/mol. The number of hydrogen-bond donors (Lipinski definition) is 0. The van der Waals surface area contributed by atoms with Crippen molar-refractivity contribution in [2.75, 3.05) is 5.01 Å². The molecule has 0 N–H and O–H groups in total. The van der Waals surface area contributed by atoms with E-state index >= 15 is 0 Å². The van der Waals surface area contributed by atoms with Gasteiger partial charge in [-0.2, -0.15) is 5.10 Å². The van der Waals surface area contributed by atoms with Crippen molar-refractivity contribution in [3.63, 3.8) is 0 Å². The van der Waals surface area contributed by atoms with Gasteiger partial charge in [-0.15, -0.1) is 0 Å². The van der Waals surface area contributed by atoms with Gasteiger partial charge in [-0.1, -0.05) is 6.07 Å². The summed E-state index contributed by atoms with van der Waals surface area (Å²) >= 11 is 0. The highest BCUT2D eigenvalue weighted by Crippen LogP contribution is 2.36. The topological polar surface area (TPSA) is 32.7 Å². The van der Waals surface area contributed by atoms with Crippen LogP contribution in [0.2, 0.25) is 0 Å². The van der Waals surface area contributed by atoms with Crippen LogP contribution in [0, 0.1) is 11.7 Å². The van der Waals surface area contributed by atoms with Crippen LogP contribution in [-0.4, -0.2) is 18.0 Å². The van der Waals surface area contributed by atoms with Crippen LogP contribution >= 0.6 is 0 Å². The number of carbonyl (C=O) groups is 1. The number of hydrogen-bond acceptors (Lipinski definition) is 3. The highest BCUT2D eigenvalue weighted by atomic mass is 19.1. The number of hydrazone groups is 1. The van der Waals surface area contributed by atoms with Crippen molar-refractivity contribution in [1.82, 2.24) is 0 Å². The molecule has 3 rings (SSSR count). The molecule has 1 unspecified atom stereocenters. The Balaban J connectivity index is 1.91. The first-order valence-electron chi connectivity index (χ1n) is 5.85. The Bertz CT molecular complexity index is 482. The zero-order valence-corrected chi connectivity index (χ0v) is 9.34. The van der Waals surface area contributed by atoms with Crippen molar-refractivity contribution in [3.8, 4) is 0 Å². The maximum Gasteiger partial charge on any atom is 0.144 e. The van der Waals surface area contributed by atoms with Gasteiger partial charge in [0.2, 0.25) is 0 Å². The molecule has 0 radical (unpaired) electrons. The largest absolute Gasteiger partial charge is 0.301 e. The highest BCUT2D eigenvalue weighted by Gasteiger charge is 2.36. The maximum atomic E-state index is 13.2. The number of carbonyl (C=O) groups excluding carboxylic acids is 1. The van der Waals surface area contributed by atoms with E-state index in [-0.39, 0.29) is 11.9 Å². The van der Waals surface area contributed by atoms with Gasteiger partial charge in [0.15, 0.2) is 0 Å². The summed E-state index contributed by atoms with van der Waals surface area (Å²) < 4.78 is 13.2. The van der Waals surface area contributed by atoms with E-state index in [9.17, 15) is 9.18 Å². The van der Waals surface area contributed by atoms with E-state index < -0.39 is 0 Å². The van der Waals surface area contributed by atoms with Crippen LogP contribution in [0.15, 0.2) is 29.4 Å². The van der Waals surface area contributed by atoms with Gasteiger partial charge in [0.1, 0.15) is 18.1 Å². The fraction of sp³-hybridized carbons (Fsp3) is 0.385. The molecule has 0 bridgehead atoms. The summed E-state index contributed by atoms with van der Waals surface area (Å²) in [7, 11) is 0. The van der Waals surface area contributed by atoms with Crippen LogP contribution in [0.4, 0.5) is 10.1 Å². The van der Waals surface area contributed by atoms with Gasteiger partial charge in [0, 0.05) is 12.1 Å². The predicted octanol–water partition coefficient (Wildman–Crippen LogP) is 2.37. The predicted molar refractivity (Wildman–Crippen MR) is 63.5 cm³/mol. The third kappa shape index (κ3) is 1.95. The van der Waals surface area contributed by atoms with E-state index in [0.29, 0.717) is 18.0 Å². The lowest BCUT2D eigenvalue weighted by Crippen LogP contribution is -2.27. The molecule has 1 aromatic carbocycles. The first kappa shape index (κ1) is 10.4. The summed E-state index contributed by atoms with van der Waals surface area (Å²) in [6.07, 6.45) is 3.91. The smallest absolute Gasteiger partial charge is 0.144 e. The minimum absolute atomic E-state index is 0.271. The first-order valence-corrected chi connectivity index (χ1v) is 5.85. The summed E-state index contributed by atoms with van der Waals surface area (Å²) in [5.41, 5.74) is 1.74. The van der Waals surface area contributed by atoms with Gasteiger partial charge in [-0.3, -0.25) is 5.01 Å². The van der Waals surface area contributed by atoms with Gasteiger partial charge in [-0.05, 0) is 37.0 Å². The Hall–Kier alpha value is -1.71. The molecule has 1 saturated carbocycles. The maximum absolute atomic E-state index is 13.2. The minimum atomic E-state index is -0.303. The van der Waals surface area contributed by atoms with Gasteiger partial charge in [0.25, 0.3) is 0 Å². The lowest BCUT2D eigenvalue weighted by Gasteiger charge is -2.18. The van der Waals surface area contributed by atoms with Gasteiger partial charge in [-0.25, -0.2) is 4.39 Å². The molecule has 0 aromatic heterocycles. The van der Waals surface area contributed by atoms with Crippen molar-refractivity contribution in [3.05, 3.63) is 30.1 Å². The molecule has 3 nitrogen and oxygen atoms in total. The molecule has 1 fully saturated rings. The summed E-state index contributed by atoms with van der Waals surface area (Å²) in [4.78, 5) is 11.1. The molecule has 17 heavy (non-hydrogen) atoms. The number of benzene rings is 1. The van der Waals surface area contributed by atoms with Gasteiger partial charge in [0.05, 0.1) is 5.69 Å². The summed E-state index contributed by atoms with van der Waals surface area (Å²) in [5, 5.41) is 6.11. The molecule has 1 heterocycles. The zero-order valence-electron chi connectivity index (χ0n) is 9.34. The fourth-order valence-corrected chi connectivity index (χ4v) is 2.19. The zero-order chi connectivity index (χ0) is 11.8. The van der Waals surface area contributed by atoms with Crippen LogP contribution in [0.3, 0.4) is 0 Å². The fourth-order valence-electron chi connectivity index (χ4n) is 2.19. The van der Waals surface area contributed by atoms with Crippen LogP contribution < -0.4 is 5.01 Å². The first-order chi connectivity index (χ1) is 8.28. The second-order valence-corrected chi connectivity index (χ2v) is 4.60. The minimum Gasteiger partial charge on any atom is -0.301 e. The number of rotatable bonds is 3. The Morgan fingerprint density at radius 2 is 2.24 bits per heavy atom. The quantitative estimate of drug-likeness (QED) is 0.749. The lowest BCUT2D eigenvalue weighted by molar-refractivity contribution is -0.108. The Morgan fingerprint density at radius 3 is 2.88 bits per heavy atom. The van der Waals surface area contributed by atoms with Crippen LogP contribution in [0.1, 0.15) is 19.3 Å².